The van der Waals surface area contributed by atoms with E-state index in [1.54, 1.807) is 18.5 Å². The van der Waals surface area contributed by atoms with Crippen LogP contribution in [0.2, 0.25) is 0 Å². The third-order valence-corrected chi connectivity index (χ3v) is 3.84. The summed E-state index contributed by atoms with van der Waals surface area (Å²) in [6.07, 6.45) is 2.90. The van der Waals surface area contributed by atoms with Gasteiger partial charge in [-0.2, -0.15) is 0 Å². The first-order valence-corrected chi connectivity index (χ1v) is 6.90. The smallest absolute Gasteiger partial charge is 0.259 e. The molecule has 0 aliphatic heterocycles. The number of aromatic nitrogens is 2. The third-order valence-electron chi connectivity index (χ3n) is 2.55. The predicted molar refractivity (Wildman–Crippen MR) is 65.4 cm³/mol. The van der Waals surface area contributed by atoms with E-state index in [1.165, 1.54) is 12.5 Å². The summed E-state index contributed by atoms with van der Waals surface area (Å²) in [5.74, 6) is 1.48. The van der Waals surface area contributed by atoms with Crippen LogP contribution in [0.25, 0.3) is 0 Å². The van der Waals surface area contributed by atoms with Gasteiger partial charge < -0.3 is 8.98 Å². The molecule has 0 aliphatic rings. The van der Waals surface area contributed by atoms with Gasteiger partial charge in [-0.15, -0.1) is 0 Å². The van der Waals surface area contributed by atoms with Crippen LogP contribution < -0.4 is 4.72 Å². The Hall–Kier alpha value is -1.60. The second kappa shape index (κ2) is 4.58. The molecule has 18 heavy (non-hydrogen) atoms. The molecule has 1 N–H and O–H groups in total. The van der Waals surface area contributed by atoms with Crippen LogP contribution in [-0.2, 0) is 23.6 Å². The highest BCUT2D eigenvalue weighted by molar-refractivity contribution is 7.89. The molecule has 2 aromatic rings. The summed E-state index contributed by atoms with van der Waals surface area (Å²) < 4.78 is 33.3. The van der Waals surface area contributed by atoms with Gasteiger partial charge in [0, 0.05) is 25.4 Å². The SMILES string of the molecule is Cc1cc(CNS(=O)(=O)c2cn(C)cn2)c(C)o1. The van der Waals surface area contributed by atoms with E-state index in [-0.39, 0.29) is 11.6 Å². The molecule has 0 spiro atoms. The molecule has 0 radical (unpaired) electrons. The lowest BCUT2D eigenvalue weighted by atomic mass is 10.2. The van der Waals surface area contributed by atoms with Crippen molar-refractivity contribution in [3.8, 4) is 0 Å². The summed E-state index contributed by atoms with van der Waals surface area (Å²) in [5, 5.41) is 0.0165. The average molecular weight is 269 g/mol. The lowest BCUT2D eigenvalue weighted by Crippen LogP contribution is -2.23. The van der Waals surface area contributed by atoms with Gasteiger partial charge in [-0.3, -0.25) is 0 Å². The number of nitrogens with one attached hydrogen (secondary N) is 1. The summed E-state index contributed by atoms with van der Waals surface area (Å²) in [6.45, 7) is 3.82. The number of imidazole rings is 1. The molecule has 2 rings (SSSR count). The largest absolute Gasteiger partial charge is 0.466 e. The van der Waals surface area contributed by atoms with Gasteiger partial charge in [0.1, 0.15) is 11.5 Å². The number of rotatable bonds is 4. The van der Waals surface area contributed by atoms with Crippen LogP contribution >= 0.6 is 0 Å². The third kappa shape index (κ3) is 2.62. The zero-order valence-corrected chi connectivity index (χ0v) is 11.3. The first-order chi connectivity index (χ1) is 8.38. The van der Waals surface area contributed by atoms with Gasteiger partial charge in [-0.05, 0) is 19.9 Å². The maximum absolute atomic E-state index is 11.9. The van der Waals surface area contributed by atoms with Crippen molar-refractivity contribution in [3.63, 3.8) is 0 Å². The van der Waals surface area contributed by atoms with Crippen LogP contribution in [0.15, 0.2) is 28.0 Å². The molecular weight excluding hydrogens is 254 g/mol. The van der Waals surface area contributed by atoms with Crippen LogP contribution in [-0.4, -0.2) is 18.0 Å². The summed E-state index contributed by atoms with van der Waals surface area (Å²) >= 11 is 0. The van der Waals surface area contributed by atoms with Crippen LogP contribution in [0.4, 0.5) is 0 Å². The highest BCUT2D eigenvalue weighted by Crippen LogP contribution is 2.14. The zero-order valence-electron chi connectivity index (χ0n) is 10.5. The lowest BCUT2D eigenvalue weighted by molar-refractivity contribution is 0.500. The minimum absolute atomic E-state index is 0.0165. The minimum Gasteiger partial charge on any atom is -0.466 e. The molecule has 0 bridgehead atoms. The van der Waals surface area contributed by atoms with Crippen LogP contribution in [0.5, 0.6) is 0 Å². The van der Waals surface area contributed by atoms with Crippen molar-refractivity contribution in [3.05, 3.63) is 35.7 Å². The molecule has 2 heterocycles. The minimum atomic E-state index is -3.57. The standard InChI is InChI=1S/C11H15N3O3S/c1-8-4-10(9(2)17-8)5-13-18(15,16)11-6-14(3)7-12-11/h4,6-7,13H,5H2,1-3H3. The van der Waals surface area contributed by atoms with Crippen molar-refractivity contribution in [2.75, 3.05) is 0 Å². The first-order valence-electron chi connectivity index (χ1n) is 5.42. The maximum atomic E-state index is 11.9. The van der Waals surface area contributed by atoms with Gasteiger partial charge >= 0.3 is 0 Å². The molecule has 7 heteroatoms. The molecule has 6 nitrogen and oxygen atoms in total. The van der Waals surface area contributed by atoms with E-state index >= 15 is 0 Å². The Labute approximate surface area is 106 Å². The molecule has 0 amide bonds. The van der Waals surface area contributed by atoms with Crippen LogP contribution in [0.1, 0.15) is 17.1 Å². The van der Waals surface area contributed by atoms with Crippen molar-refractivity contribution in [1.29, 1.82) is 0 Å². The lowest BCUT2D eigenvalue weighted by Gasteiger charge is -2.02. The Bertz CT molecular complexity index is 655. The molecule has 0 aliphatic carbocycles. The Kier molecular flexibility index (Phi) is 3.27. The number of hydrogen-bond acceptors (Lipinski definition) is 4. The zero-order chi connectivity index (χ0) is 13.3. The quantitative estimate of drug-likeness (QED) is 0.902. The molecule has 0 unspecified atom stereocenters. The van der Waals surface area contributed by atoms with Crippen LogP contribution in [0, 0.1) is 13.8 Å². The van der Waals surface area contributed by atoms with Crippen molar-refractivity contribution in [2.24, 2.45) is 7.05 Å². The maximum Gasteiger partial charge on any atom is 0.259 e. The number of sulfonamides is 1. The van der Waals surface area contributed by atoms with Crippen molar-refractivity contribution in [2.45, 2.75) is 25.4 Å². The van der Waals surface area contributed by atoms with E-state index in [0.717, 1.165) is 17.1 Å². The van der Waals surface area contributed by atoms with Gasteiger partial charge in [0.05, 0.1) is 6.33 Å². The topological polar surface area (TPSA) is 77.1 Å². The van der Waals surface area contributed by atoms with E-state index in [4.69, 9.17) is 4.42 Å². The van der Waals surface area contributed by atoms with Crippen LogP contribution in [0.3, 0.4) is 0 Å². The number of nitrogens with zero attached hydrogens (tertiary/aromatic N) is 2. The Morgan fingerprint density at radius 1 is 1.44 bits per heavy atom. The summed E-state index contributed by atoms with van der Waals surface area (Å²) in [7, 11) is -1.85. The number of hydrogen-bond donors (Lipinski definition) is 1. The van der Waals surface area contributed by atoms with Gasteiger partial charge in [-0.1, -0.05) is 0 Å². The summed E-state index contributed by atoms with van der Waals surface area (Å²) in [4.78, 5) is 3.82. The fraction of sp³-hybridized carbons (Fsp3) is 0.364. The average Bonchev–Trinajstić information content (AvgIpc) is 2.83. The van der Waals surface area contributed by atoms with E-state index in [2.05, 4.69) is 9.71 Å². The molecule has 0 aromatic carbocycles. The Morgan fingerprint density at radius 2 is 2.17 bits per heavy atom. The van der Waals surface area contributed by atoms with E-state index in [9.17, 15) is 8.42 Å². The monoisotopic (exact) mass is 269 g/mol. The second-order valence-corrected chi connectivity index (χ2v) is 5.85. The first kappa shape index (κ1) is 12.8. The molecule has 2 aromatic heterocycles. The van der Waals surface area contributed by atoms with Gasteiger partial charge in [0.2, 0.25) is 0 Å². The normalized spacial score (nSPS) is 11.9. The van der Waals surface area contributed by atoms with E-state index in [0.29, 0.717) is 0 Å². The Morgan fingerprint density at radius 3 is 2.67 bits per heavy atom. The van der Waals surface area contributed by atoms with E-state index in [1.807, 2.05) is 13.0 Å². The second-order valence-electron chi connectivity index (χ2n) is 4.14. The molecular formula is C11H15N3O3S. The van der Waals surface area contributed by atoms with Gasteiger partial charge in [0.15, 0.2) is 5.03 Å². The van der Waals surface area contributed by atoms with Gasteiger partial charge in [0.25, 0.3) is 10.0 Å². The van der Waals surface area contributed by atoms with Crippen molar-refractivity contribution < 1.29 is 12.8 Å². The number of aryl methyl sites for hydroxylation is 3. The molecule has 0 saturated heterocycles. The van der Waals surface area contributed by atoms with Crippen molar-refractivity contribution >= 4 is 10.0 Å². The molecule has 0 fully saturated rings. The molecule has 0 atom stereocenters. The fourth-order valence-corrected chi connectivity index (χ4v) is 2.62. The Balaban J connectivity index is 2.13. The highest BCUT2D eigenvalue weighted by atomic mass is 32.2. The molecule has 0 saturated carbocycles. The predicted octanol–water partition coefficient (Wildman–Crippen LogP) is 1.11. The van der Waals surface area contributed by atoms with E-state index < -0.39 is 10.0 Å². The molecule has 98 valence electrons. The highest BCUT2D eigenvalue weighted by Gasteiger charge is 2.17. The van der Waals surface area contributed by atoms with Gasteiger partial charge in [-0.25, -0.2) is 18.1 Å². The van der Waals surface area contributed by atoms with Crippen molar-refractivity contribution in [1.82, 2.24) is 14.3 Å². The summed E-state index contributed by atoms with van der Waals surface area (Å²) in [5.41, 5.74) is 0.826. The fourth-order valence-electron chi connectivity index (χ4n) is 1.63. The summed E-state index contributed by atoms with van der Waals surface area (Å²) in [6, 6.07) is 1.82. The number of furan rings is 1.